The van der Waals surface area contributed by atoms with Gasteiger partial charge in [-0.1, -0.05) is 0 Å². The Morgan fingerprint density at radius 3 is 2.71 bits per heavy atom. The number of methoxy groups -OCH3 is 1. The smallest absolute Gasteiger partial charge is 0.335 e. The van der Waals surface area contributed by atoms with Crippen LogP contribution in [0.1, 0.15) is 15.9 Å². The highest BCUT2D eigenvalue weighted by molar-refractivity contribution is 7.92. The molecule has 0 saturated carbocycles. The highest BCUT2D eigenvalue weighted by Gasteiger charge is 2.23. The minimum atomic E-state index is -4.41. The van der Waals surface area contributed by atoms with Crippen LogP contribution in [0.5, 0.6) is 5.88 Å². The standard InChI is InChI=1S/C14H14FN3O5S/c1-23-13-11(4-8(6-16)7-17-13)18-24(21,22)12-5-9(14(19)20)2-3-10(12)15/h2-5,7,18H,6,16H2,1H3,(H,19,20). The molecule has 2 rings (SSSR count). The molecule has 0 aliphatic heterocycles. The number of nitrogens with two attached hydrogens (primary N) is 1. The Bertz CT molecular complexity index is 886. The summed E-state index contributed by atoms with van der Waals surface area (Å²) in [4.78, 5) is 14.0. The molecule has 0 amide bonds. The number of sulfonamides is 1. The van der Waals surface area contributed by atoms with Crippen LogP contribution >= 0.6 is 0 Å². The first-order valence-electron chi connectivity index (χ1n) is 6.57. The van der Waals surface area contributed by atoms with Gasteiger partial charge in [-0.25, -0.2) is 22.6 Å². The molecule has 4 N–H and O–H groups in total. The summed E-state index contributed by atoms with van der Waals surface area (Å²) in [6, 6.07) is 3.85. The molecule has 0 unspecified atom stereocenters. The van der Waals surface area contributed by atoms with E-state index >= 15 is 0 Å². The summed E-state index contributed by atoms with van der Waals surface area (Å²) in [7, 11) is -3.12. The molecular formula is C14H14FN3O5S. The Morgan fingerprint density at radius 1 is 1.42 bits per heavy atom. The lowest BCUT2D eigenvalue weighted by molar-refractivity contribution is 0.0696. The van der Waals surface area contributed by atoms with E-state index in [1.165, 1.54) is 19.4 Å². The van der Waals surface area contributed by atoms with Gasteiger partial charge in [0.2, 0.25) is 5.88 Å². The number of carboxylic acids is 1. The second-order valence-electron chi connectivity index (χ2n) is 4.66. The minimum absolute atomic E-state index is 0.0365. The number of aromatic carboxylic acids is 1. The van der Waals surface area contributed by atoms with Gasteiger partial charge in [0.15, 0.2) is 0 Å². The highest BCUT2D eigenvalue weighted by Crippen LogP contribution is 2.26. The van der Waals surface area contributed by atoms with Crippen molar-refractivity contribution in [3.63, 3.8) is 0 Å². The van der Waals surface area contributed by atoms with E-state index in [1.807, 2.05) is 0 Å². The number of carbonyl (C=O) groups is 1. The molecule has 0 aliphatic rings. The second-order valence-corrected chi connectivity index (χ2v) is 6.31. The molecule has 8 nitrogen and oxygen atoms in total. The number of nitrogens with one attached hydrogen (secondary N) is 1. The van der Waals surface area contributed by atoms with Crippen LogP contribution in [0.4, 0.5) is 10.1 Å². The van der Waals surface area contributed by atoms with E-state index in [0.29, 0.717) is 5.56 Å². The van der Waals surface area contributed by atoms with Crippen molar-refractivity contribution in [1.29, 1.82) is 0 Å². The zero-order chi connectivity index (χ0) is 17.9. The Morgan fingerprint density at radius 2 is 2.12 bits per heavy atom. The second kappa shape index (κ2) is 6.81. The van der Waals surface area contributed by atoms with Gasteiger partial charge in [0.05, 0.1) is 12.7 Å². The topological polar surface area (TPSA) is 132 Å². The number of benzene rings is 1. The van der Waals surface area contributed by atoms with Crippen molar-refractivity contribution in [2.45, 2.75) is 11.4 Å². The molecule has 1 aromatic carbocycles. The van der Waals surface area contributed by atoms with Crippen LogP contribution in [0.2, 0.25) is 0 Å². The fourth-order valence-corrected chi connectivity index (χ4v) is 3.04. The molecule has 0 saturated heterocycles. The molecule has 128 valence electrons. The Hall–Kier alpha value is -2.72. The molecule has 10 heteroatoms. The lowest BCUT2D eigenvalue weighted by atomic mass is 10.2. The van der Waals surface area contributed by atoms with Crippen LogP contribution in [0.15, 0.2) is 35.4 Å². The molecule has 1 aromatic heterocycles. The maximum absolute atomic E-state index is 13.9. The fraction of sp³-hybridized carbons (Fsp3) is 0.143. The van der Waals surface area contributed by atoms with E-state index in [9.17, 15) is 17.6 Å². The van der Waals surface area contributed by atoms with Crippen molar-refractivity contribution in [2.75, 3.05) is 11.8 Å². The van der Waals surface area contributed by atoms with Gasteiger partial charge in [0.1, 0.15) is 16.4 Å². The molecule has 0 aliphatic carbocycles. The molecular weight excluding hydrogens is 341 g/mol. The number of aromatic nitrogens is 1. The van der Waals surface area contributed by atoms with Crippen LogP contribution in [0.25, 0.3) is 0 Å². The molecule has 2 aromatic rings. The summed E-state index contributed by atoms with van der Waals surface area (Å²) in [6.07, 6.45) is 1.41. The van der Waals surface area contributed by atoms with Gasteiger partial charge in [-0.05, 0) is 29.8 Å². The first-order chi connectivity index (χ1) is 11.3. The molecule has 0 atom stereocenters. The third-order valence-electron chi connectivity index (χ3n) is 3.05. The lowest BCUT2D eigenvalue weighted by Gasteiger charge is -2.13. The van der Waals surface area contributed by atoms with Gasteiger partial charge in [-0.3, -0.25) is 4.72 Å². The monoisotopic (exact) mass is 355 g/mol. The summed E-state index contributed by atoms with van der Waals surface area (Å²) < 4.78 is 45.8. The Labute approximate surface area is 137 Å². The quantitative estimate of drug-likeness (QED) is 0.709. The van der Waals surface area contributed by atoms with Crippen LogP contribution in [0.3, 0.4) is 0 Å². The first kappa shape index (κ1) is 17.6. The molecule has 0 fully saturated rings. The summed E-state index contributed by atoms with van der Waals surface area (Å²) >= 11 is 0. The van der Waals surface area contributed by atoms with Gasteiger partial charge in [-0.15, -0.1) is 0 Å². The van der Waals surface area contributed by atoms with Crippen molar-refractivity contribution in [2.24, 2.45) is 5.73 Å². The summed E-state index contributed by atoms with van der Waals surface area (Å²) in [6.45, 7) is 0.106. The van der Waals surface area contributed by atoms with Crippen molar-refractivity contribution in [3.8, 4) is 5.88 Å². The zero-order valence-corrected chi connectivity index (χ0v) is 13.3. The number of halogens is 1. The van der Waals surface area contributed by atoms with E-state index < -0.39 is 26.7 Å². The number of ether oxygens (including phenoxy) is 1. The van der Waals surface area contributed by atoms with Crippen LogP contribution < -0.4 is 15.2 Å². The normalized spacial score (nSPS) is 11.1. The number of rotatable bonds is 6. The third-order valence-corrected chi connectivity index (χ3v) is 4.43. The van der Waals surface area contributed by atoms with Gasteiger partial charge >= 0.3 is 5.97 Å². The Kier molecular flexibility index (Phi) is 5.00. The summed E-state index contributed by atoms with van der Waals surface area (Å²) in [5.41, 5.74) is 5.60. The van der Waals surface area contributed by atoms with E-state index in [-0.39, 0.29) is 23.7 Å². The largest absolute Gasteiger partial charge is 0.480 e. The molecule has 1 heterocycles. The predicted octanol–water partition coefficient (Wildman–Crippen LogP) is 1.19. The van der Waals surface area contributed by atoms with E-state index in [4.69, 9.17) is 15.6 Å². The van der Waals surface area contributed by atoms with E-state index in [2.05, 4.69) is 9.71 Å². The number of nitrogens with zero attached hydrogens (tertiary/aromatic N) is 1. The van der Waals surface area contributed by atoms with Crippen molar-refractivity contribution >= 4 is 21.7 Å². The van der Waals surface area contributed by atoms with Crippen molar-refractivity contribution in [3.05, 3.63) is 47.4 Å². The van der Waals surface area contributed by atoms with Gasteiger partial charge in [0, 0.05) is 12.7 Å². The average Bonchev–Trinajstić information content (AvgIpc) is 2.54. The summed E-state index contributed by atoms with van der Waals surface area (Å²) in [5, 5.41) is 8.92. The van der Waals surface area contributed by atoms with E-state index in [1.54, 1.807) is 0 Å². The number of hydrogen-bond donors (Lipinski definition) is 3. The number of pyridine rings is 1. The van der Waals surface area contributed by atoms with Crippen LogP contribution in [-0.4, -0.2) is 31.6 Å². The lowest BCUT2D eigenvalue weighted by Crippen LogP contribution is -2.17. The number of carboxylic acid groups (broad SMARTS) is 1. The number of hydrogen-bond acceptors (Lipinski definition) is 6. The minimum Gasteiger partial charge on any atom is -0.480 e. The molecule has 0 bridgehead atoms. The zero-order valence-electron chi connectivity index (χ0n) is 12.5. The SMILES string of the molecule is COc1ncc(CN)cc1NS(=O)(=O)c1cc(C(=O)O)ccc1F. The van der Waals surface area contributed by atoms with Crippen molar-refractivity contribution in [1.82, 2.24) is 4.98 Å². The predicted molar refractivity (Wildman–Crippen MR) is 82.8 cm³/mol. The average molecular weight is 355 g/mol. The molecule has 0 radical (unpaired) electrons. The van der Waals surface area contributed by atoms with E-state index in [0.717, 1.165) is 18.2 Å². The number of anilines is 1. The highest BCUT2D eigenvalue weighted by atomic mass is 32.2. The third kappa shape index (κ3) is 3.60. The van der Waals surface area contributed by atoms with Gasteiger partial charge in [0.25, 0.3) is 10.0 Å². The Balaban J connectivity index is 2.49. The van der Waals surface area contributed by atoms with Gasteiger partial charge < -0.3 is 15.6 Å². The maximum Gasteiger partial charge on any atom is 0.335 e. The van der Waals surface area contributed by atoms with Crippen LogP contribution in [0, 0.1) is 5.82 Å². The van der Waals surface area contributed by atoms with Gasteiger partial charge in [-0.2, -0.15) is 0 Å². The van der Waals surface area contributed by atoms with Crippen LogP contribution in [-0.2, 0) is 16.6 Å². The van der Waals surface area contributed by atoms with Crippen molar-refractivity contribution < 1.29 is 27.4 Å². The maximum atomic E-state index is 13.9. The first-order valence-corrected chi connectivity index (χ1v) is 8.05. The fourth-order valence-electron chi connectivity index (χ4n) is 1.88. The molecule has 24 heavy (non-hydrogen) atoms. The molecule has 0 spiro atoms. The summed E-state index contributed by atoms with van der Waals surface area (Å²) in [5.74, 6) is -2.50.